The molecule has 0 aliphatic rings. The number of primary amides is 1. The zero-order chi connectivity index (χ0) is 20.7. The molecular formula is C22H24N4O3. The summed E-state index contributed by atoms with van der Waals surface area (Å²) in [5.41, 5.74) is 7.42. The lowest BCUT2D eigenvalue weighted by molar-refractivity contribution is -0.125. The number of nitrogens with two attached hydrogens (primary N) is 1. The fourth-order valence-electron chi connectivity index (χ4n) is 3.25. The maximum atomic E-state index is 12.9. The lowest BCUT2D eigenvalue weighted by Gasteiger charge is -2.33. The summed E-state index contributed by atoms with van der Waals surface area (Å²) in [7, 11) is 3.12. The molecule has 1 atom stereocenters. The van der Waals surface area contributed by atoms with Gasteiger partial charge in [0.1, 0.15) is 5.54 Å². The van der Waals surface area contributed by atoms with E-state index in [0.29, 0.717) is 30.0 Å². The molecule has 0 bridgehead atoms. The Bertz CT molecular complexity index is 951. The largest absolute Gasteiger partial charge is 0.493 e. The Morgan fingerprint density at radius 1 is 0.931 bits per heavy atom. The second-order valence-electron chi connectivity index (χ2n) is 6.58. The maximum Gasteiger partial charge on any atom is 0.242 e. The summed E-state index contributed by atoms with van der Waals surface area (Å²) < 4.78 is 10.8. The molecule has 3 rings (SSSR count). The number of methoxy groups -OCH3 is 2. The topological polar surface area (TPSA) is 99.4 Å². The van der Waals surface area contributed by atoms with Crippen molar-refractivity contribution < 1.29 is 14.3 Å². The number of amides is 1. The molecule has 29 heavy (non-hydrogen) atoms. The predicted molar refractivity (Wildman–Crippen MR) is 109 cm³/mol. The number of nitrogens with one attached hydrogen (secondary N) is 1. The van der Waals surface area contributed by atoms with E-state index in [4.69, 9.17) is 15.2 Å². The van der Waals surface area contributed by atoms with Gasteiger partial charge in [-0.05, 0) is 53.1 Å². The van der Waals surface area contributed by atoms with Gasteiger partial charge in [-0.2, -0.15) is 0 Å². The van der Waals surface area contributed by atoms with Gasteiger partial charge in [-0.25, -0.2) is 0 Å². The predicted octanol–water partition coefficient (Wildman–Crippen LogP) is 2.21. The number of aromatic nitrogens is 2. The average Bonchev–Trinajstić information content (AvgIpc) is 2.77. The Hall–Kier alpha value is -3.45. The van der Waals surface area contributed by atoms with E-state index in [2.05, 4.69) is 15.3 Å². The van der Waals surface area contributed by atoms with Gasteiger partial charge in [0.15, 0.2) is 11.5 Å². The summed E-state index contributed by atoms with van der Waals surface area (Å²) in [6.07, 6.45) is 7.16. The molecule has 0 radical (unpaired) electrons. The fourth-order valence-corrected chi connectivity index (χ4v) is 3.25. The van der Waals surface area contributed by atoms with E-state index in [9.17, 15) is 4.79 Å². The van der Waals surface area contributed by atoms with Crippen LogP contribution in [0.15, 0.2) is 67.3 Å². The molecule has 0 fully saturated rings. The van der Waals surface area contributed by atoms with Crippen LogP contribution in [0.3, 0.4) is 0 Å². The number of benzene rings is 1. The summed E-state index contributed by atoms with van der Waals surface area (Å²) in [6.45, 7) is 0.435. The summed E-state index contributed by atoms with van der Waals surface area (Å²) >= 11 is 0. The van der Waals surface area contributed by atoms with Crippen LogP contribution in [-0.2, 0) is 23.3 Å². The van der Waals surface area contributed by atoms with Crippen LogP contribution in [0.25, 0.3) is 0 Å². The number of carbonyl (C=O) groups is 1. The highest BCUT2D eigenvalue weighted by Crippen LogP contribution is 2.34. The molecule has 7 heteroatoms. The first-order chi connectivity index (χ1) is 14.1. The molecule has 0 aliphatic carbocycles. The molecule has 2 aromatic heterocycles. The zero-order valence-electron chi connectivity index (χ0n) is 16.5. The van der Waals surface area contributed by atoms with Crippen molar-refractivity contribution in [2.75, 3.05) is 14.2 Å². The van der Waals surface area contributed by atoms with E-state index in [0.717, 1.165) is 11.1 Å². The molecule has 7 nitrogen and oxygen atoms in total. The number of ether oxygens (including phenoxy) is 2. The highest BCUT2D eigenvalue weighted by atomic mass is 16.5. The van der Waals surface area contributed by atoms with Gasteiger partial charge in [0.05, 0.1) is 14.2 Å². The normalized spacial score (nSPS) is 12.8. The first-order valence-corrected chi connectivity index (χ1v) is 9.14. The minimum Gasteiger partial charge on any atom is -0.493 e. The van der Waals surface area contributed by atoms with Gasteiger partial charge < -0.3 is 15.2 Å². The molecule has 3 N–H and O–H groups in total. The van der Waals surface area contributed by atoms with Crippen LogP contribution in [0.1, 0.15) is 16.7 Å². The fraction of sp³-hybridized carbons (Fsp3) is 0.227. The molecular weight excluding hydrogens is 368 g/mol. The smallest absolute Gasteiger partial charge is 0.242 e. The van der Waals surface area contributed by atoms with Crippen LogP contribution < -0.4 is 20.5 Å². The van der Waals surface area contributed by atoms with Gasteiger partial charge in [0, 0.05) is 37.8 Å². The van der Waals surface area contributed by atoms with Crippen LogP contribution >= 0.6 is 0 Å². The van der Waals surface area contributed by atoms with Crippen molar-refractivity contribution in [3.63, 3.8) is 0 Å². The molecule has 0 aliphatic heterocycles. The standard InChI is InChI=1S/C22H24N4O3/c1-28-19-4-3-18(13-20(19)29-2)22(21(23)27,14-16-5-9-24-10-6-16)26-15-17-7-11-25-12-8-17/h3-13,26H,14-15H2,1-2H3,(H2,23,27). The molecule has 1 unspecified atom stereocenters. The Morgan fingerprint density at radius 3 is 2.07 bits per heavy atom. The van der Waals surface area contributed by atoms with Crippen LogP contribution in [0, 0.1) is 0 Å². The molecule has 1 aromatic carbocycles. The first kappa shape index (κ1) is 20.3. The van der Waals surface area contributed by atoms with Gasteiger partial charge in [-0.15, -0.1) is 0 Å². The Kier molecular flexibility index (Phi) is 6.41. The number of carbonyl (C=O) groups excluding carboxylic acids is 1. The Morgan fingerprint density at radius 2 is 1.52 bits per heavy atom. The van der Waals surface area contributed by atoms with Crippen molar-refractivity contribution in [1.82, 2.24) is 15.3 Å². The van der Waals surface area contributed by atoms with Crippen molar-refractivity contribution in [1.29, 1.82) is 0 Å². The Labute approximate surface area is 169 Å². The maximum absolute atomic E-state index is 12.9. The van der Waals surface area contributed by atoms with Gasteiger partial charge in [-0.3, -0.25) is 20.1 Å². The zero-order valence-corrected chi connectivity index (χ0v) is 16.5. The van der Waals surface area contributed by atoms with Crippen molar-refractivity contribution in [3.8, 4) is 11.5 Å². The van der Waals surface area contributed by atoms with Crippen molar-refractivity contribution >= 4 is 5.91 Å². The van der Waals surface area contributed by atoms with E-state index in [1.54, 1.807) is 51.1 Å². The van der Waals surface area contributed by atoms with E-state index >= 15 is 0 Å². The molecule has 1 amide bonds. The number of rotatable bonds is 9. The number of pyridine rings is 2. The highest BCUT2D eigenvalue weighted by molar-refractivity contribution is 5.87. The minimum absolute atomic E-state index is 0.353. The third kappa shape index (κ3) is 4.52. The third-order valence-electron chi connectivity index (χ3n) is 4.86. The lowest BCUT2D eigenvalue weighted by Crippen LogP contribution is -2.54. The molecule has 2 heterocycles. The molecule has 150 valence electrons. The second-order valence-corrected chi connectivity index (χ2v) is 6.58. The molecule has 0 spiro atoms. The van der Waals surface area contributed by atoms with E-state index in [-0.39, 0.29) is 0 Å². The first-order valence-electron chi connectivity index (χ1n) is 9.14. The van der Waals surface area contributed by atoms with E-state index in [1.165, 1.54) is 0 Å². The molecule has 0 saturated heterocycles. The summed E-state index contributed by atoms with van der Waals surface area (Å²) in [5, 5.41) is 3.38. The van der Waals surface area contributed by atoms with Crippen molar-refractivity contribution in [2.45, 2.75) is 18.5 Å². The van der Waals surface area contributed by atoms with Gasteiger partial charge >= 0.3 is 0 Å². The monoisotopic (exact) mass is 392 g/mol. The van der Waals surface area contributed by atoms with Crippen LogP contribution in [-0.4, -0.2) is 30.1 Å². The summed E-state index contributed by atoms with van der Waals surface area (Å²) in [6, 6.07) is 12.9. The number of hydrogen-bond donors (Lipinski definition) is 2. The number of nitrogens with zero attached hydrogens (tertiary/aromatic N) is 2. The lowest BCUT2D eigenvalue weighted by atomic mass is 9.82. The summed E-state index contributed by atoms with van der Waals surface area (Å²) in [4.78, 5) is 21.0. The second kappa shape index (κ2) is 9.16. The van der Waals surface area contributed by atoms with Crippen LogP contribution in [0.5, 0.6) is 11.5 Å². The van der Waals surface area contributed by atoms with Gasteiger partial charge in [0.2, 0.25) is 5.91 Å². The van der Waals surface area contributed by atoms with E-state index in [1.807, 2.05) is 30.3 Å². The molecule has 0 saturated carbocycles. The van der Waals surface area contributed by atoms with Crippen molar-refractivity contribution in [2.24, 2.45) is 5.73 Å². The summed E-state index contributed by atoms with van der Waals surface area (Å²) in [5.74, 6) is 0.610. The Balaban J connectivity index is 2.06. The van der Waals surface area contributed by atoms with E-state index < -0.39 is 11.4 Å². The molecule has 3 aromatic rings. The SMILES string of the molecule is COc1ccc(C(Cc2ccncc2)(NCc2ccncc2)C(N)=O)cc1OC. The minimum atomic E-state index is -1.16. The van der Waals surface area contributed by atoms with Crippen molar-refractivity contribution in [3.05, 3.63) is 83.9 Å². The third-order valence-corrected chi connectivity index (χ3v) is 4.86. The van der Waals surface area contributed by atoms with Crippen LogP contribution in [0.2, 0.25) is 0 Å². The highest BCUT2D eigenvalue weighted by Gasteiger charge is 2.39. The average molecular weight is 392 g/mol. The van der Waals surface area contributed by atoms with Gasteiger partial charge in [0.25, 0.3) is 0 Å². The number of hydrogen-bond acceptors (Lipinski definition) is 6. The quantitative estimate of drug-likeness (QED) is 0.579. The van der Waals surface area contributed by atoms with Gasteiger partial charge in [-0.1, -0.05) is 6.07 Å². The van der Waals surface area contributed by atoms with Crippen LogP contribution in [0.4, 0.5) is 0 Å².